The summed E-state index contributed by atoms with van der Waals surface area (Å²) >= 11 is 0. The van der Waals surface area contributed by atoms with E-state index in [9.17, 15) is 0 Å². The van der Waals surface area contributed by atoms with Crippen molar-refractivity contribution in [1.29, 1.82) is 0 Å². The molecule has 0 aliphatic rings. The molecule has 3 aromatic carbocycles. The van der Waals surface area contributed by atoms with Gasteiger partial charge in [-0.2, -0.15) is 0 Å². The fourth-order valence-electron chi connectivity index (χ4n) is 9.62. The van der Waals surface area contributed by atoms with Crippen molar-refractivity contribution >= 4 is 24.3 Å². The molecule has 0 saturated heterocycles. The van der Waals surface area contributed by atoms with Crippen LogP contribution < -0.4 is 28.4 Å². The first-order valence-corrected chi connectivity index (χ1v) is 32.2. The predicted octanol–water partition coefficient (Wildman–Crippen LogP) is 22.5. The molecule has 0 unspecified atom stereocenters. The minimum absolute atomic E-state index is 0.664. The normalized spacial score (nSPS) is 11.6. The summed E-state index contributed by atoms with van der Waals surface area (Å²) in [6.45, 7) is 17.8. The van der Waals surface area contributed by atoms with Gasteiger partial charge in [-0.25, -0.2) is 0 Å². The molecule has 6 nitrogen and oxygen atoms in total. The molecule has 3 rings (SSSR count). The van der Waals surface area contributed by atoms with Crippen LogP contribution >= 0.6 is 0 Å². The van der Waals surface area contributed by atoms with Gasteiger partial charge in [-0.05, 0) is 87.1 Å². The fraction of sp³-hybridized carbons (Fsp3) is 0.686. The van der Waals surface area contributed by atoms with Crippen LogP contribution in [-0.2, 0) is 0 Å². The maximum Gasteiger partial charge on any atom is 0.127 e. The van der Waals surface area contributed by atoms with E-state index in [0.29, 0.717) is 26.4 Å². The first kappa shape index (κ1) is 66.2. The van der Waals surface area contributed by atoms with Crippen molar-refractivity contribution in [2.45, 2.75) is 273 Å². The Morgan fingerprint density at radius 2 is 0.434 bits per heavy atom. The maximum atomic E-state index is 6.82. The van der Waals surface area contributed by atoms with E-state index in [0.717, 1.165) is 108 Å². The average Bonchev–Trinajstić information content (AvgIpc) is 3.43. The van der Waals surface area contributed by atoms with Crippen molar-refractivity contribution in [2.24, 2.45) is 0 Å². The van der Waals surface area contributed by atoms with Gasteiger partial charge in [0.2, 0.25) is 0 Å². The van der Waals surface area contributed by atoms with E-state index >= 15 is 0 Å². The predicted molar refractivity (Wildman–Crippen MR) is 330 cm³/mol. The Morgan fingerprint density at radius 1 is 0.224 bits per heavy atom. The average molecular weight is 1050 g/mol. The molecule has 0 N–H and O–H groups in total. The minimum Gasteiger partial charge on any atom is -0.494 e. The number of rotatable bonds is 52. The summed E-state index contributed by atoms with van der Waals surface area (Å²) in [7, 11) is 0. The number of unbranched alkanes of at least 4 members (excludes halogenated alkanes) is 30. The number of benzene rings is 3. The fourth-order valence-corrected chi connectivity index (χ4v) is 9.62. The lowest BCUT2D eigenvalue weighted by molar-refractivity contribution is 0.295. The molecule has 430 valence electrons. The highest BCUT2D eigenvalue weighted by Crippen LogP contribution is 2.36. The molecule has 3 aromatic rings. The lowest BCUT2D eigenvalue weighted by Crippen LogP contribution is -2.03. The molecule has 0 aliphatic carbocycles. The van der Waals surface area contributed by atoms with E-state index in [1.54, 1.807) is 0 Å². The summed E-state index contributed by atoms with van der Waals surface area (Å²) in [4.78, 5) is 0. The third-order valence-corrected chi connectivity index (χ3v) is 14.5. The minimum atomic E-state index is 0.664. The molecule has 0 heterocycles. The first-order chi connectivity index (χ1) is 37.6. The molecule has 0 aliphatic heterocycles. The van der Waals surface area contributed by atoms with E-state index < -0.39 is 0 Å². The highest BCUT2D eigenvalue weighted by Gasteiger charge is 2.14. The molecule has 0 spiro atoms. The molecular weight excluding hydrogens is 937 g/mol. The number of hydrogen-bond acceptors (Lipinski definition) is 6. The van der Waals surface area contributed by atoms with Gasteiger partial charge in [0, 0.05) is 22.3 Å². The molecule has 0 saturated carbocycles. The zero-order valence-corrected chi connectivity index (χ0v) is 50.1. The Labute approximate surface area is 468 Å². The van der Waals surface area contributed by atoms with Gasteiger partial charge in [-0.3, -0.25) is 0 Å². The molecule has 6 heteroatoms. The second kappa shape index (κ2) is 47.0. The largest absolute Gasteiger partial charge is 0.494 e. The number of ether oxygens (including phenoxy) is 6. The monoisotopic (exact) mass is 1050 g/mol. The van der Waals surface area contributed by atoms with Crippen molar-refractivity contribution in [1.82, 2.24) is 0 Å². The van der Waals surface area contributed by atoms with Gasteiger partial charge in [0.15, 0.2) is 0 Å². The Bertz CT molecular complexity index is 1750. The van der Waals surface area contributed by atoms with Crippen LogP contribution in [0, 0.1) is 0 Å². The van der Waals surface area contributed by atoms with Crippen molar-refractivity contribution in [3.8, 4) is 34.5 Å². The van der Waals surface area contributed by atoms with Gasteiger partial charge in [0.25, 0.3) is 0 Å². The standard InChI is InChI=1S/C70H114O6/c1-7-13-19-25-31-37-51-71-65-47-49-67(73-53-39-33-27-21-15-9-3)61(57-65)43-45-63-59-70(76-56-42-36-30-24-18-12-6)64(60-69(63)75-55-41-35-29-23-17-11-5)46-44-62-58-66(72-52-38-32-26-20-14-8-2)48-50-68(62)74-54-40-34-28-22-16-10-4/h43-50,57-60H,7-42,51-56H2,1-6H3/b45-43+,46-44+. The summed E-state index contributed by atoms with van der Waals surface area (Å²) < 4.78 is 39.5. The molecule has 0 atom stereocenters. The molecule has 0 radical (unpaired) electrons. The van der Waals surface area contributed by atoms with Crippen LogP contribution in [0.15, 0.2) is 48.5 Å². The van der Waals surface area contributed by atoms with E-state index in [4.69, 9.17) is 28.4 Å². The van der Waals surface area contributed by atoms with Crippen LogP contribution in [0.4, 0.5) is 0 Å². The van der Waals surface area contributed by atoms with Crippen LogP contribution in [-0.4, -0.2) is 39.6 Å². The number of hydrogen-bond donors (Lipinski definition) is 0. The Hall–Kier alpha value is -4.06. The molecule has 76 heavy (non-hydrogen) atoms. The summed E-state index contributed by atoms with van der Waals surface area (Å²) in [5, 5.41) is 0. The second-order valence-electron chi connectivity index (χ2n) is 21.7. The quantitative estimate of drug-likeness (QED) is 0.0415. The van der Waals surface area contributed by atoms with Crippen molar-refractivity contribution in [2.75, 3.05) is 39.6 Å². The zero-order valence-electron chi connectivity index (χ0n) is 50.1. The summed E-state index contributed by atoms with van der Waals surface area (Å²) in [6.07, 6.45) is 52.9. The second-order valence-corrected chi connectivity index (χ2v) is 21.7. The van der Waals surface area contributed by atoms with E-state index in [1.165, 1.54) is 193 Å². The summed E-state index contributed by atoms with van der Waals surface area (Å²) in [5.41, 5.74) is 4.02. The SMILES string of the molecule is CCCCCCCCOc1ccc(OCCCCCCCC)c(/C=C/c2cc(OCCCCCCCC)c(/C=C/c3cc(OCCCCCCCC)ccc3OCCCCCCCC)cc2OCCCCCCCC)c1. The summed E-state index contributed by atoms with van der Waals surface area (Å²) in [6, 6.07) is 17.1. The lowest BCUT2D eigenvalue weighted by atomic mass is 10.0. The van der Waals surface area contributed by atoms with Crippen LogP contribution in [0.2, 0.25) is 0 Å². The van der Waals surface area contributed by atoms with Gasteiger partial charge >= 0.3 is 0 Å². The topological polar surface area (TPSA) is 55.4 Å². The van der Waals surface area contributed by atoms with Crippen LogP contribution in [0.1, 0.15) is 295 Å². The van der Waals surface area contributed by atoms with Crippen molar-refractivity contribution in [3.63, 3.8) is 0 Å². The van der Waals surface area contributed by atoms with Crippen LogP contribution in [0.3, 0.4) is 0 Å². The van der Waals surface area contributed by atoms with Crippen molar-refractivity contribution < 1.29 is 28.4 Å². The molecular formula is C70H114O6. The highest BCUT2D eigenvalue weighted by atomic mass is 16.5. The van der Waals surface area contributed by atoms with Gasteiger partial charge < -0.3 is 28.4 Å². The van der Waals surface area contributed by atoms with Crippen LogP contribution in [0.5, 0.6) is 34.5 Å². The molecule has 0 amide bonds. The maximum absolute atomic E-state index is 6.82. The van der Waals surface area contributed by atoms with Crippen LogP contribution in [0.25, 0.3) is 24.3 Å². The third-order valence-electron chi connectivity index (χ3n) is 14.5. The van der Waals surface area contributed by atoms with Gasteiger partial charge in [0.05, 0.1) is 39.6 Å². The van der Waals surface area contributed by atoms with Gasteiger partial charge in [0.1, 0.15) is 34.5 Å². The van der Waals surface area contributed by atoms with Crippen molar-refractivity contribution in [3.05, 3.63) is 70.8 Å². The van der Waals surface area contributed by atoms with E-state index in [2.05, 4.69) is 114 Å². The third kappa shape index (κ3) is 32.0. The smallest absolute Gasteiger partial charge is 0.127 e. The van der Waals surface area contributed by atoms with Gasteiger partial charge in [-0.1, -0.05) is 258 Å². The summed E-state index contributed by atoms with van der Waals surface area (Å²) in [5.74, 6) is 5.26. The Kier molecular flexibility index (Phi) is 40.9. The molecule has 0 fully saturated rings. The first-order valence-electron chi connectivity index (χ1n) is 32.2. The highest BCUT2D eigenvalue weighted by molar-refractivity contribution is 5.81. The molecule has 0 aromatic heterocycles. The Morgan fingerprint density at radius 3 is 0.697 bits per heavy atom. The van der Waals surface area contributed by atoms with E-state index in [1.807, 2.05) is 0 Å². The van der Waals surface area contributed by atoms with Gasteiger partial charge in [-0.15, -0.1) is 0 Å². The Balaban J connectivity index is 2.06. The zero-order chi connectivity index (χ0) is 54.2. The molecule has 0 bridgehead atoms. The van der Waals surface area contributed by atoms with E-state index in [-0.39, 0.29) is 0 Å². The lowest BCUT2D eigenvalue weighted by Gasteiger charge is -2.16.